The molecule has 0 saturated heterocycles. The second-order valence-corrected chi connectivity index (χ2v) is 10.5. The Morgan fingerprint density at radius 1 is 1.07 bits per heavy atom. The molecule has 0 saturated carbocycles. The van der Waals surface area contributed by atoms with E-state index in [2.05, 4.69) is 15.6 Å². The van der Waals surface area contributed by atoms with Crippen LogP contribution in [0.4, 0.5) is 0 Å². The lowest BCUT2D eigenvalue weighted by atomic mass is 9.94. The molecule has 1 aromatic rings. The lowest BCUT2D eigenvalue weighted by molar-refractivity contribution is -0.155. The van der Waals surface area contributed by atoms with E-state index in [-0.39, 0.29) is 49.3 Å². The van der Waals surface area contributed by atoms with Crippen LogP contribution in [0.15, 0.2) is 46.6 Å². The highest BCUT2D eigenvalue weighted by Crippen LogP contribution is 2.20. The molecule has 0 aliphatic carbocycles. The molecule has 0 fully saturated rings. The Morgan fingerprint density at radius 3 is 2.48 bits per heavy atom. The van der Waals surface area contributed by atoms with E-state index in [1.54, 1.807) is 6.08 Å². The largest absolute Gasteiger partial charge is 0.460 e. The van der Waals surface area contributed by atoms with Gasteiger partial charge in [-0.3, -0.25) is 9.59 Å². The number of nitrogens with one attached hydrogen (secondary N) is 2. The fourth-order valence-corrected chi connectivity index (χ4v) is 4.25. The van der Waals surface area contributed by atoms with E-state index in [9.17, 15) is 14.4 Å². The Hall–Kier alpha value is -3.32. The molecule has 2 N–H and O–H groups in total. The molecule has 0 spiro atoms. The topological polar surface area (TPSA) is 147 Å². The molecule has 234 valence electrons. The van der Waals surface area contributed by atoms with Gasteiger partial charge in [0.1, 0.15) is 32.0 Å². The van der Waals surface area contributed by atoms with Gasteiger partial charge in [0.25, 0.3) is 5.91 Å². The van der Waals surface area contributed by atoms with E-state index in [0.29, 0.717) is 13.0 Å². The first-order valence-electron chi connectivity index (χ1n) is 14.0. The maximum Gasteiger partial charge on any atom is 0.328 e. The number of ether oxygens (including phenoxy) is 5. The number of carbonyl (C=O) groups is 3. The molecule has 2 heterocycles. The SMILES string of the molecule is COCO[C@H]1Cc2nc(co2)C(=O)N[C@H](C)C(=O)O[C@H](C(C)C)[C@H](C)/C=C/C(=O)NC/C=C\C(C)=C\[C@@H](OCOC)C1. The fraction of sp³-hybridized carbons (Fsp3) is 0.600. The highest BCUT2D eigenvalue weighted by atomic mass is 16.7. The van der Waals surface area contributed by atoms with Crippen molar-refractivity contribution in [3.63, 3.8) is 0 Å². The summed E-state index contributed by atoms with van der Waals surface area (Å²) in [5.74, 6) is -1.46. The molecule has 2 amide bonds. The van der Waals surface area contributed by atoms with Gasteiger partial charge in [-0.05, 0) is 25.8 Å². The fourth-order valence-electron chi connectivity index (χ4n) is 4.25. The number of nitrogens with zero attached hydrogens (tertiary/aromatic N) is 1. The van der Waals surface area contributed by atoms with Crippen molar-refractivity contribution < 1.29 is 42.5 Å². The van der Waals surface area contributed by atoms with Crippen molar-refractivity contribution in [2.45, 2.75) is 71.8 Å². The summed E-state index contributed by atoms with van der Waals surface area (Å²) in [4.78, 5) is 42.4. The van der Waals surface area contributed by atoms with Gasteiger partial charge in [-0.25, -0.2) is 9.78 Å². The normalized spacial score (nSPS) is 28.2. The number of allylic oxidation sites excluding steroid dienone is 2. The van der Waals surface area contributed by atoms with E-state index >= 15 is 0 Å². The first kappa shape index (κ1) is 34.9. The van der Waals surface area contributed by atoms with Crippen LogP contribution in [0.3, 0.4) is 0 Å². The highest BCUT2D eigenvalue weighted by molar-refractivity contribution is 5.94. The number of hydrogen-bond donors (Lipinski definition) is 2. The zero-order chi connectivity index (χ0) is 31.1. The minimum atomic E-state index is -0.946. The number of rotatable bonds is 7. The van der Waals surface area contributed by atoms with Crippen LogP contribution in [0.5, 0.6) is 0 Å². The Labute approximate surface area is 247 Å². The van der Waals surface area contributed by atoms with Crippen LogP contribution in [-0.4, -0.2) is 81.5 Å². The van der Waals surface area contributed by atoms with Crippen LogP contribution in [0, 0.1) is 11.8 Å². The molecule has 0 radical (unpaired) electrons. The number of esters is 1. The zero-order valence-electron chi connectivity index (χ0n) is 25.6. The Kier molecular flexibility index (Phi) is 15.2. The molecule has 5 atom stereocenters. The molecule has 42 heavy (non-hydrogen) atoms. The second-order valence-electron chi connectivity index (χ2n) is 10.5. The number of oxazole rings is 1. The van der Waals surface area contributed by atoms with Crippen molar-refractivity contribution in [3.05, 3.63) is 53.8 Å². The Balaban J connectivity index is 2.36. The lowest BCUT2D eigenvalue weighted by Gasteiger charge is -2.27. The number of methoxy groups -OCH3 is 2. The number of fused-ring (bicyclic) bond motifs is 2. The molecule has 1 aliphatic heterocycles. The molecule has 12 nitrogen and oxygen atoms in total. The summed E-state index contributed by atoms with van der Waals surface area (Å²) in [7, 11) is 3.05. The molecule has 0 unspecified atom stereocenters. The van der Waals surface area contributed by atoms with Crippen molar-refractivity contribution in [1.29, 1.82) is 0 Å². The number of cyclic esters (lactones) is 1. The summed E-state index contributed by atoms with van der Waals surface area (Å²) in [5.41, 5.74) is 0.925. The quantitative estimate of drug-likeness (QED) is 0.358. The van der Waals surface area contributed by atoms with Gasteiger partial charge in [-0.2, -0.15) is 0 Å². The first-order chi connectivity index (χ1) is 20.0. The van der Waals surface area contributed by atoms with Crippen LogP contribution >= 0.6 is 0 Å². The number of aromatic nitrogens is 1. The summed E-state index contributed by atoms with van der Waals surface area (Å²) in [6, 6.07) is -0.946. The third kappa shape index (κ3) is 12.3. The van der Waals surface area contributed by atoms with Crippen molar-refractivity contribution in [2.75, 3.05) is 34.4 Å². The Bertz CT molecular complexity index is 1100. The minimum Gasteiger partial charge on any atom is -0.460 e. The van der Waals surface area contributed by atoms with Gasteiger partial charge in [-0.1, -0.05) is 50.6 Å². The molecule has 2 bridgehead atoms. The molecular formula is C30H45N3O9. The van der Waals surface area contributed by atoms with Gasteiger partial charge in [0.2, 0.25) is 5.91 Å². The van der Waals surface area contributed by atoms with Crippen LogP contribution < -0.4 is 10.6 Å². The molecule has 12 heteroatoms. The predicted octanol–water partition coefficient (Wildman–Crippen LogP) is 3.10. The average Bonchev–Trinajstić information content (AvgIpc) is 3.42. The molecule has 1 aliphatic rings. The summed E-state index contributed by atoms with van der Waals surface area (Å²) in [5, 5.41) is 5.42. The predicted molar refractivity (Wildman–Crippen MR) is 154 cm³/mol. The van der Waals surface area contributed by atoms with Crippen LogP contribution in [-0.2, 0) is 39.7 Å². The van der Waals surface area contributed by atoms with Crippen molar-refractivity contribution >= 4 is 17.8 Å². The molecule has 1 aromatic heterocycles. The van der Waals surface area contributed by atoms with E-state index in [1.165, 1.54) is 33.5 Å². The summed E-state index contributed by atoms with van der Waals surface area (Å²) < 4.78 is 33.2. The van der Waals surface area contributed by atoms with Crippen LogP contribution in [0.1, 0.15) is 57.4 Å². The number of carbonyl (C=O) groups excluding carboxylic acids is 3. The standard InChI is InChI=1S/C30H45N3O9/c1-19(2)28-21(4)10-11-26(34)31-12-8-9-20(3)13-23(40-17-37-6)14-24(41-18-38-7)15-27-33-25(16-39-27)29(35)32-22(5)30(36)42-28/h8-11,13,16,19,21-24,28H,12,14-15,17-18H2,1-7H3,(H,31,34)(H,32,35)/b9-8-,11-10+,20-13+/t21-,22-,23-,24-,28-/m1/s1. The number of amides is 2. The lowest BCUT2D eigenvalue weighted by Crippen LogP contribution is -2.42. The van der Waals surface area contributed by atoms with Crippen LogP contribution in [0.25, 0.3) is 0 Å². The molecule has 2 rings (SSSR count). The van der Waals surface area contributed by atoms with Crippen molar-refractivity contribution in [3.8, 4) is 0 Å². The zero-order valence-corrected chi connectivity index (χ0v) is 25.6. The summed E-state index contributed by atoms with van der Waals surface area (Å²) >= 11 is 0. The van der Waals surface area contributed by atoms with Crippen LogP contribution in [0.2, 0.25) is 0 Å². The monoisotopic (exact) mass is 591 g/mol. The first-order valence-corrected chi connectivity index (χ1v) is 14.0. The summed E-state index contributed by atoms with van der Waals surface area (Å²) in [6.07, 6.45) is 9.31. The van der Waals surface area contributed by atoms with Gasteiger partial charge in [-0.15, -0.1) is 0 Å². The molecule has 0 aromatic carbocycles. The van der Waals surface area contributed by atoms with Gasteiger partial charge < -0.3 is 38.7 Å². The van der Waals surface area contributed by atoms with Gasteiger partial charge >= 0.3 is 5.97 Å². The highest BCUT2D eigenvalue weighted by Gasteiger charge is 2.28. The Morgan fingerprint density at radius 2 is 1.79 bits per heavy atom. The van der Waals surface area contributed by atoms with Crippen molar-refractivity contribution in [1.82, 2.24) is 15.6 Å². The van der Waals surface area contributed by atoms with E-state index < -0.39 is 36.2 Å². The average molecular weight is 592 g/mol. The number of hydrogen-bond acceptors (Lipinski definition) is 10. The van der Waals surface area contributed by atoms with Gasteiger partial charge in [0.15, 0.2) is 11.6 Å². The van der Waals surface area contributed by atoms with Crippen molar-refractivity contribution in [2.24, 2.45) is 11.8 Å². The second kappa shape index (κ2) is 18.3. The maximum absolute atomic E-state index is 12.9. The summed E-state index contributed by atoms with van der Waals surface area (Å²) in [6.45, 7) is 9.57. The van der Waals surface area contributed by atoms with E-state index in [4.69, 9.17) is 28.1 Å². The third-order valence-corrected chi connectivity index (χ3v) is 6.41. The smallest absolute Gasteiger partial charge is 0.328 e. The third-order valence-electron chi connectivity index (χ3n) is 6.41. The maximum atomic E-state index is 12.9. The molecular weight excluding hydrogens is 546 g/mol. The van der Waals surface area contributed by atoms with Gasteiger partial charge in [0, 0.05) is 33.1 Å². The van der Waals surface area contributed by atoms with Gasteiger partial charge in [0.05, 0.1) is 18.6 Å². The van der Waals surface area contributed by atoms with E-state index in [0.717, 1.165) is 5.57 Å². The minimum absolute atomic E-state index is 0.0179. The van der Waals surface area contributed by atoms with E-state index in [1.807, 2.05) is 45.9 Å².